The highest BCUT2D eigenvalue weighted by atomic mass is 16.2. The molecule has 1 aromatic carbocycles. The Labute approximate surface area is 171 Å². The van der Waals surface area contributed by atoms with Gasteiger partial charge in [-0.05, 0) is 38.3 Å². The fraction of sp³-hybridized carbons (Fsp3) is 0.545. The Morgan fingerprint density at radius 2 is 1.72 bits per heavy atom. The van der Waals surface area contributed by atoms with Crippen LogP contribution >= 0.6 is 0 Å². The summed E-state index contributed by atoms with van der Waals surface area (Å²) in [6.07, 6.45) is 4.29. The molecule has 7 heteroatoms. The van der Waals surface area contributed by atoms with Gasteiger partial charge < -0.3 is 10.6 Å². The van der Waals surface area contributed by atoms with Gasteiger partial charge in [0, 0.05) is 19.0 Å². The third-order valence-corrected chi connectivity index (χ3v) is 5.93. The predicted molar refractivity (Wildman–Crippen MR) is 109 cm³/mol. The summed E-state index contributed by atoms with van der Waals surface area (Å²) in [6.45, 7) is 3.98. The van der Waals surface area contributed by atoms with Crippen molar-refractivity contribution in [2.24, 2.45) is 11.8 Å². The minimum Gasteiger partial charge on any atom is -0.350 e. The lowest BCUT2D eigenvalue weighted by Crippen LogP contribution is -2.34. The maximum Gasteiger partial charge on any atom is 0.253 e. The summed E-state index contributed by atoms with van der Waals surface area (Å²) in [4.78, 5) is 51.2. The van der Waals surface area contributed by atoms with Crippen LogP contribution in [0.3, 0.4) is 0 Å². The highest BCUT2D eigenvalue weighted by molar-refractivity contribution is 6.06. The van der Waals surface area contributed by atoms with Crippen molar-refractivity contribution in [2.75, 3.05) is 11.9 Å². The van der Waals surface area contributed by atoms with Crippen LogP contribution in [0.1, 0.15) is 62.7 Å². The molecule has 0 spiro atoms. The fourth-order valence-corrected chi connectivity index (χ4v) is 4.07. The molecule has 2 aliphatic rings. The summed E-state index contributed by atoms with van der Waals surface area (Å²) in [5, 5.41) is 5.64. The fourth-order valence-electron chi connectivity index (χ4n) is 4.07. The summed E-state index contributed by atoms with van der Waals surface area (Å²) in [5.74, 6) is -1.26. The molecule has 1 aliphatic carbocycles. The number of carbonyl (C=O) groups is 4. The van der Waals surface area contributed by atoms with Crippen LogP contribution in [0.15, 0.2) is 24.3 Å². The molecular formula is C22H29N3O4. The topological polar surface area (TPSA) is 95.6 Å². The Balaban J connectivity index is 1.60. The van der Waals surface area contributed by atoms with E-state index >= 15 is 0 Å². The van der Waals surface area contributed by atoms with Gasteiger partial charge in [-0.15, -0.1) is 0 Å². The Hall–Kier alpha value is -2.70. The normalized spacial score (nSPS) is 22.2. The van der Waals surface area contributed by atoms with Crippen molar-refractivity contribution < 1.29 is 19.2 Å². The zero-order valence-corrected chi connectivity index (χ0v) is 17.1. The standard InChI is InChI=1S/C22H29N3O4/c1-3-14(2)23-20(27)17-10-6-7-11-18(17)24-19(26)12-13-25-21(28)15-8-4-5-9-16(15)22(25)29/h6-7,10-11,14-16H,3-5,8-9,12-13H2,1-2H3,(H,23,27)(H,24,26)/t14-,15-,16+/m1/s1. The number of amides is 4. The van der Waals surface area contributed by atoms with Crippen molar-refractivity contribution in [1.82, 2.24) is 10.2 Å². The molecule has 4 amide bonds. The molecule has 2 fully saturated rings. The maximum absolute atomic E-state index is 12.5. The number of para-hydroxylation sites is 1. The van der Waals surface area contributed by atoms with Crippen LogP contribution in [-0.2, 0) is 14.4 Å². The maximum atomic E-state index is 12.5. The minimum atomic E-state index is -0.329. The monoisotopic (exact) mass is 399 g/mol. The van der Waals surface area contributed by atoms with Gasteiger partial charge in [-0.3, -0.25) is 24.1 Å². The molecule has 0 unspecified atom stereocenters. The lowest BCUT2D eigenvalue weighted by Gasteiger charge is -2.19. The average Bonchev–Trinajstić information content (AvgIpc) is 2.97. The zero-order chi connectivity index (χ0) is 21.0. The van der Waals surface area contributed by atoms with E-state index < -0.39 is 0 Å². The molecule has 1 heterocycles. The summed E-state index contributed by atoms with van der Waals surface area (Å²) in [7, 11) is 0. The van der Waals surface area contributed by atoms with Gasteiger partial charge in [0.15, 0.2) is 0 Å². The number of benzene rings is 1. The highest BCUT2D eigenvalue weighted by Crippen LogP contribution is 2.38. The minimum absolute atomic E-state index is 0.0121. The second-order valence-corrected chi connectivity index (χ2v) is 7.95. The van der Waals surface area contributed by atoms with E-state index in [-0.39, 0.29) is 54.5 Å². The number of rotatable bonds is 7. The molecule has 3 atom stereocenters. The summed E-state index contributed by atoms with van der Waals surface area (Å²) in [5.41, 5.74) is 0.812. The number of likely N-dealkylation sites (tertiary alicyclic amines) is 1. The van der Waals surface area contributed by atoms with Crippen molar-refractivity contribution in [1.29, 1.82) is 0 Å². The van der Waals surface area contributed by atoms with E-state index in [0.29, 0.717) is 11.3 Å². The lowest BCUT2D eigenvalue weighted by molar-refractivity contribution is -0.140. The molecule has 1 aromatic rings. The van der Waals surface area contributed by atoms with Crippen LogP contribution in [0.4, 0.5) is 5.69 Å². The zero-order valence-electron chi connectivity index (χ0n) is 17.1. The van der Waals surface area contributed by atoms with E-state index in [1.165, 1.54) is 4.90 Å². The Morgan fingerprint density at radius 1 is 1.10 bits per heavy atom. The van der Waals surface area contributed by atoms with E-state index in [1.54, 1.807) is 24.3 Å². The van der Waals surface area contributed by atoms with Crippen molar-refractivity contribution in [3.05, 3.63) is 29.8 Å². The quantitative estimate of drug-likeness (QED) is 0.689. The third-order valence-electron chi connectivity index (χ3n) is 5.93. The van der Waals surface area contributed by atoms with E-state index in [2.05, 4.69) is 10.6 Å². The van der Waals surface area contributed by atoms with Crippen LogP contribution < -0.4 is 10.6 Å². The molecule has 7 nitrogen and oxygen atoms in total. The number of hydrogen-bond donors (Lipinski definition) is 2. The molecule has 1 aliphatic heterocycles. The Kier molecular flexibility index (Phi) is 6.67. The summed E-state index contributed by atoms with van der Waals surface area (Å²) >= 11 is 0. The van der Waals surface area contributed by atoms with Crippen LogP contribution in [0.2, 0.25) is 0 Å². The molecule has 3 rings (SSSR count). The number of hydrogen-bond acceptors (Lipinski definition) is 4. The molecular weight excluding hydrogens is 370 g/mol. The van der Waals surface area contributed by atoms with E-state index in [1.807, 2.05) is 13.8 Å². The van der Waals surface area contributed by atoms with E-state index in [0.717, 1.165) is 32.1 Å². The molecule has 1 saturated carbocycles. The molecule has 1 saturated heterocycles. The van der Waals surface area contributed by atoms with Gasteiger partial charge in [0.2, 0.25) is 17.7 Å². The number of anilines is 1. The molecule has 156 valence electrons. The number of nitrogens with one attached hydrogen (secondary N) is 2. The molecule has 0 bridgehead atoms. The predicted octanol–water partition coefficient (Wildman–Crippen LogP) is 2.72. The van der Waals surface area contributed by atoms with Gasteiger partial charge in [0.05, 0.1) is 23.1 Å². The molecule has 2 N–H and O–H groups in total. The number of fused-ring (bicyclic) bond motifs is 1. The molecule has 29 heavy (non-hydrogen) atoms. The first kappa shape index (κ1) is 21.0. The van der Waals surface area contributed by atoms with Crippen molar-refractivity contribution in [3.63, 3.8) is 0 Å². The second-order valence-electron chi connectivity index (χ2n) is 7.95. The van der Waals surface area contributed by atoms with Gasteiger partial charge in [0.1, 0.15) is 0 Å². The van der Waals surface area contributed by atoms with Gasteiger partial charge in [-0.2, -0.15) is 0 Å². The number of nitrogens with zero attached hydrogens (tertiary/aromatic N) is 1. The van der Waals surface area contributed by atoms with Crippen molar-refractivity contribution in [3.8, 4) is 0 Å². The van der Waals surface area contributed by atoms with Crippen LogP contribution in [0.25, 0.3) is 0 Å². The van der Waals surface area contributed by atoms with Gasteiger partial charge in [-0.25, -0.2) is 0 Å². The average molecular weight is 399 g/mol. The number of carbonyl (C=O) groups excluding carboxylic acids is 4. The first-order valence-corrected chi connectivity index (χ1v) is 10.5. The molecule has 0 aromatic heterocycles. The van der Waals surface area contributed by atoms with Crippen LogP contribution in [0.5, 0.6) is 0 Å². The van der Waals surface area contributed by atoms with Crippen molar-refractivity contribution in [2.45, 2.75) is 58.4 Å². The Bertz CT molecular complexity index is 783. The van der Waals surface area contributed by atoms with Crippen molar-refractivity contribution >= 4 is 29.3 Å². The smallest absolute Gasteiger partial charge is 0.253 e. The summed E-state index contributed by atoms with van der Waals surface area (Å²) in [6, 6.07) is 6.84. The Morgan fingerprint density at radius 3 is 2.34 bits per heavy atom. The van der Waals surface area contributed by atoms with E-state index in [9.17, 15) is 19.2 Å². The van der Waals surface area contributed by atoms with Gasteiger partial charge in [0.25, 0.3) is 5.91 Å². The second kappa shape index (κ2) is 9.20. The lowest BCUT2D eigenvalue weighted by atomic mass is 9.81. The third kappa shape index (κ3) is 4.66. The molecule has 0 radical (unpaired) electrons. The summed E-state index contributed by atoms with van der Waals surface area (Å²) < 4.78 is 0. The largest absolute Gasteiger partial charge is 0.350 e. The SMILES string of the molecule is CC[C@@H](C)NC(=O)c1ccccc1NC(=O)CCN1C(=O)[C@H]2CCCC[C@H]2C1=O. The van der Waals surface area contributed by atoms with Crippen LogP contribution in [0, 0.1) is 11.8 Å². The van der Waals surface area contributed by atoms with Gasteiger partial charge >= 0.3 is 0 Å². The van der Waals surface area contributed by atoms with E-state index in [4.69, 9.17) is 0 Å². The van der Waals surface area contributed by atoms with Gasteiger partial charge in [-0.1, -0.05) is 31.9 Å². The first-order valence-electron chi connectivity index (χ1n) is 10.5. The van der Waals surface area contributed by atoms with Crippen LogP contribution in [-0.4, -0.2) is 41.1 Å². The number of imide groups is 1. The first-order chi connectivity index (χ1) is 13.9. The highest BCUT2D eigenvalue weighted by Gasteiger charge is 2.47.